The summed E-state index contributed by atoms with van der Waals surface area (Å²) in [6.07, 6.45) is 1.92. The quantitative estimate of drug-likeness (QED) is 0.164. The van der Waals surface area contributed by atoms with Gasteiger partial charge >= 0.3 is 0 Å². The van der Waals surface area contributed by atoms with Crippen molar-refractivity contribution < 1.29 is 0 Å². The molecule has 0 N–H and O–H groups in total. The van der Waals surface area contributed by atoms with E-state index in [1.54, 1.807) is 0 Å². The van der Waals surface area contributed by atoms with E-state index in [0.29, 0.717) is 0 Å². The molecule has 0 fully saturated rings. The third-order valence-electron chi connectivity index (χ3n) is 12.0. The molecule has 0 aliphatic carbocycles. The summed E-state index contributed by atoms with van der Waals surface area (Å²) in [5.74, 6) is 0. The maximum atomic E-state index is 5.25. The van der Waals surface area contributed by atoms with Crippen LogP contribution in [0, 0.1) is 0 Å². The van der Waals surface area contributed by atoms with Crippen LogP contribution < -0.4 is 0 Å². The van der Waals surface area contributed by atoms with Gasteiger partial charge in [-0.15, -0.1) is 0 Å². The highest BCUT2D eigenvalue weighted by Gasteiger charge is 2.16. The van der Waals surface area contributed by atoms with Gasteiger partial charge in [0, 0.05) is 32.8 Å². The molecular weight excluding hydrogens is 715 g/mol. The van der Waals surface area contributed by atoms with Crippen LogP contribution in [-0.4, -0.2) is 14.5 Å². The Balaban J connectivity index is 0.901. The summed E-state index contributed by atoms with van der Waals surface area (Å²) < 4.78 is 2.37. The van der Waals surface area contributed by atoms with E-state index in [4.69, 9.17) is 9.97 Å². The summed E-state index contributed by atoms with van der Waals surface area (Å²) in [5.41, 5.74) is 14.5. The lowest BCUT2D eigenvalue weighted by molar-refractivity contribution is 1.18. The number of benzene rings is 10. The van der Waals surface area contributed by atoms with Crippen LogP contribution in [0.2, 0.25) is 0 Å². The monoisotopic (exact) mass is 749 g/mol. The van der Waals surface area contributed by atoms with Crippen molar-refractivity contribution in [2.24, 2.45) is 0 Å². The van der Waals surface area contributed by atoms with Crippen LogP contribution in [0.4, 0.5) is 0 Å². The minimum Gasteiger partial charge on any atom is -0.309 e. The van der Waals surface area contributed by atoms with Crippen LogP contribution in [0.25, 0.3) is 115 Å². The number of rotatable bonds is 5. The Kier molecular flexibility index (Phi) is 7.54. The van der Waals surface area contributed by atoms with E-state index in [0.717, 1.165) is 44.2 Å². The molecular formula is C56H35N3. The normalized spacial score (nSPS) is 11.7. The van der Waals surface area contributed by atoms with Gasteiger partial charge in [0.15, 0.2) is 0 Å². The predicted molar refractivity (Wildman–Crippen MR) is 248 cm³/mol. The van der Waals surface area contributed by atoms with Crippen LogP contribution >= 0.6 is 0 Å². The fourth-order valence-electron chi connectivity index (χ4n) is 9.26. The first-order valence-corrected chi connectivity index (χ1v) is 20.2. The highest BCUT2D eigenvalue weighted by molar-refractivity contribution is 6.23. The topological polar surface area (TPSA) is 30.7 Å². The SMILES string of the molecule is c1ccc(-n2c3ccccc3c3cc(-c4ccc(-c5ccc(-c6cccc(-c7cnc8c9ccccc9c9ccccc9c8n7)c6)cc5)c5ccccc45)ccc32)cc1. The maximum absolute atomic E-state index is 5.25. The molecule has 0 radical (unpaired) electrons. The summed E-state index contributed by atoms with van der Waals surface area (Å²) in [6, 6.07) is 74.3. The highest BCUT2D eigenvalue weighted by atomic mass is 15.0. The molecule has 12 aromatic rings. The second-order valence-corrected chi connectivity index (χ2v) is 15.3. The number of para-hydroxylation sites is 2. The molecule has 3 nitrogen and oxygen atoms in total. The first-order chi connectivity index (χ1) is 29.3. The van der Waals surface area contributed by atoms with Gasteiger partial charge in [0.25, 0.3) is 0 Å². The van der Waals surface area contributed by atoms with Crippen LogP contribution in [0.3, 0.4) is 0 Å². The van der Waals surface area contributed by atoms with Crippen molar-refractivity contribution in [3.05, 3.63) is 212 Å². The Labute approximate surface area is 341 Å². The molecule has 0 bridgehead atoms. The predicted octanol–water partition coefficient (Wildman–Crippen LogP) is 14.9. The molecule has 0 unspecified atom stereocenters. The van der Waals surface area contributed by atoms with Crippen molar-refractivity contribution >= 4 is 65.2 Å². The van der Waals surface area contributed by atoms with Gasteiger partial charge < -0.3 is 4.57 Å². The summed E-state index contributed by atoms with van der Waals surface area (Å²) in [6.45, 7) is 0. The van der Waals surface area contributed by atoms with Gasteiger partial charge in [0.2, 0.25) is 0 Å². The molecule has 0 aliphatic rings. The third kappa shape index (κ3) is 5.36. The average Bonchev–Trinajstić information content (AvgIpc) is 3.65. The number of hydrogen-bond donors (Lipinski definition) is 0. The number of fused-ring (bicyclic) bond motifs is 10. The van der Waals surface area contributed by atoms with Gasteiger partial charge in [0.05, 0.1) is 34.0 Å². The molecule has 0 saturated heterocycles. The lowest BCUT2D eigenvalue weighted by Crippen LogP contribution is -1.93. The molecule has 2 aromatic heterocycles. The summed E-state index contributed by atoms with van der Waals surface area (Å²) in [7, 11) is 0. The Hall–Kier alpha value is -7.88. The molecule has 12 rings (SSSR count). The molecule has 2 heterocycles. The van der Waals surface area contributed by atoms with Gasteiger partial charge in [-0.2, -0.15) is 0 Å². The zero-order valence-corrected chi connectivity index (χ0v) is 32.0. The minimum absolute atomic E-state index is 0.865. The van der Waals surface area contributed by atoms with Crippen LogP contribution in [0.15, 0.2) is 212 Å². The van der Waals surface area contributed by atoms with E-state index in [1.165, 1.54) is 71.3 Å². The molecule has 0 aliphatic heterocycles. The fourth-order valence-corrected chi connectivity index (χ4v) is 9.26. The second kappa shape index (κ2) is 13.4. The Bertz CT molecular complexity index is 3570. The van der Waals surface area contributed by atoms with E-state index in [1.807, 2.05) is 6.20 Å². The Morgan fingerprint density at radius 3 is 1.58 bits per heavy atom. The van der Waals surface area contributed by atoms with Crippen molar-refractivity contribution in [2.75, 3.05) is 0 Å². The lowest BCUT2D eigenvalue weighted by Gasteiger charge is -2.14. The Morgan fingerprint density at radius 2 is 0.847 bits per heavy atom. The van der Waals surface area contributed by atoms with Gasteiger partial charge in [0.1, 0.15) is 0 Å². The lowest BCUT2D eigenvalue weighted by atomic mass is 9.91. The minimum atomic E-state index is 0.865. The first-order valence-electron chi connectivity index (χ1n) is 20.2. The van der Waals surface area contributed by atoms with Crippen molar-refractivity contribution in [1.29, 1.82) is 0 Å². The molecule has 274 valence electrons. The molecule has 0 amide bonds. The van der Waals surface area contributed by atoms with Crippen molar-refractivity contribution in [2.45, 2.75) is 0 Å². The third-order valence-corrected chi connectivity index (χ3v) is 12.0. The summed E-state index contributed by atoms with van der Waals surface area (Å²) >= 11 is 0. The van der Waals surface area contributed by atoms with E-state index in [2.05, 4.69) is 211 Å². The van der Waals surface area contributed by atoms with Crippen LogP contribution in [-0.2, 0) is 0 Å². The summed E-state index contributed by atoms with van der Waals surface area (Å²) in [4.78, 5) is 10.3. The van der Waals surface area contributed by atoms with Crippen molar-refractivity contribution in [1.82, 2.24) is 14.5 Å². The number of hydrogen-bond acceptors (Lipinski definition) is 2. The molecule has 0 atom stereocenters. The van der Waals surface area contributed by atoms with Crippen LogP contribution in [0.1, 0.15) is 0 Å². The zero-order valence-electron chi connectivity index (χ0n) is 32.0. The second-order valence-electron chi connectivity index (χ2n) is 15.3. The molecule has 0 saturated carbocycles. The van der Waals surface area contributed by atoms with E-state index in [9.17, 15) is 0 Å². The number of aromatic nitrogens is 3. The highest BCUT2D eigenvalue weighted by Crippen LogP contribution is 2.40. The first kappa shape index (κ1) is 33.3. The smallest absolute Gasteiger partial charge is 0.0979 e. The standard InChI is InChI=1S/C56H35N3/c1-2-15-41(16-3-1)59-53-24-11-10-21-48(53)51-34-39(29-32-54(51)59)43-31-30-42(44-17-4-5-18-45(43)44)37-27-25-36(26-28-37)38-13-12-14-40(33-38)52-35-57-55-49-22-8-6-19-46(49)47-20-7-9-23-50(47)56(55)58-52/h1-35H. The van der Waals surface area contributed by atoms with Crippen molar-refractivity contribution in [3.63, 3.8) is 0 Å². The molecule has 10 aromatic carbocycles. The maximum Gasteiger partial charge on any atom is 0.0979 e. The Morgan fingerprint density at radius 1 is 0.305 bits per heavy atom. The van der Waals surface area contributed by atoms with E-state index in [-0.39, 0.29) is 0 Å². The van der Waals surface area contributed by atoms with Crippen LogP contribution in [0.5, 0.6) is 0 Å². The molecule has 0 spiro atoms. The van der Waals surface area contributed by atoms with E-state index >= 15 is 0 Å². The molecule has 59 heavy (non-hydrogen) atoms. The molecule has 3 heteroatoms. The summed E-state index contributed by atoms with van der Waals surface area (Å²) in [5, 5.41) is 9.64. The number of nitrogens with zero attached hydrogens (tertiary/aromatic N) is 3. The van der Waals surface area contributed by atoms with Gasteiger partial charge in [-0.05, 0) is 91.3 Å². The van der Waals surface area contributed by atoms with Gasteiger partial charge in [-0.3, -0.25) is 4.98 Å². The van der Waals surface area contributed by atoms with Gasteiger partial charge in [-0.1, -0.05) is 170 Å². The fraction of sp³-hybridized carbons (Fsp3) is 0. The van der Waals surface area contributed by atoms with Crippen molar-refractivity contribution in [3.8, 4) is 50.3 Å². The van der Waals surface area contributed by atoms with E-state index < -0.39 is 0 Å². The van der Waals surface area contributed by atoms with Gasteiger partial charge in [-0.25, -0.2) is 4.98 Å². The largest absolute Gasteiger partial charge is 0.309 e. The average molecular weight is 750 g/mol. The zero-order chi connectivity index (χ0) is 38.9.